The number of hydrogen-bond donors (Lipinski definition) is 1. The first-order chi connectivity index (χ1) is 13.0. The fourth-order valence-electron chi connectivity index (χ4n) is 2.97. The summed E-state index contributed by atoms with van der Waals surface area (Å²) in [6, 6.07) is 12.0. The van der Waals surface area contributed by atoms with E-state index in [1.807, 2.05) is 19.1 Å². The third-order valence-electron chi connectivity index (χ3n) is 4.33. The number of esters is 1. The van der Waals surface area contributed by atoms with Gasteiger partial charge in [0.25, 0.3) is 0 Å². The lowest BCUT2D eigenvalue weighted by Gasteiger charge is -2.17. The molecule has 0 aliphatic carbocycles. The van der Waals surface area contributed by atoms with E-state index in [2.05, 4.69) is 10.3 Å². The Bertz CT molecular complexity index is 864. The molecule has 0 saturated carbocycles. The van der Waals surface area contributed by atoms with Crippen molar-refractivity contribution >= 4 is 29.3 Å². The number of benzene rings is 1. The number of aromatic nitrogens is 1. The summed E-state index contributed by atoms with van der Waals surface area (Å²) < 4.78 is 4.95. The van der Waals surface area contributed by atoms with Crippen molar-refractivity contribution in [3.63, 3.8) is 0 Å². The van der Waals surface area contributed by atoms with Gasteiger partial charge in [-0.1, -0.05) is 6.07 Å². The molecule has 0 unspecified atom stereocenters. The molecule has 140 valence electrons. The van der Waals surface area contributed by atoms with Gasteiger partial charge in [-0.3, -0.25) is 9.59 Å². The summed E-state index contributed by atoms with van der Waals surface area (Å²) in [5, 5.41) is 2.77. The lowest BCUT2D eigenvalue weighted by molar-refractivity contribution is -0.122. The van der Waals surface area contributed by atoms with Gasteiger partial charge < -0.3 is 15.0 Å². The summed E-state index contributed by atoms with van der Waals surface area (Å²) >= 11 is 0. The molecule has 27 heavy (non-hydrogen) atoms. The second-order valence-electron chi connectivity index (χ2n) is 6.33. The van der Waals surface area contributed by atoms with Crippen molar-refractivity contribution in [2.45, 2.75) is 20.3 Å². The second kappa shape index (κ2) is 7.99. The maximum absolute atomic E-state index is 12.5. The Morgan fingerprint density at radius 2 is 1.96 bits per heavy atom. The molecule has 0 bridgehead atoms. The molecule has 7 heteroatoms. The zero-order valence-corrected chi connectivity index (χ0v) is 15.3. The molecule has 2 heterocycles. The van der Waals surface area contributed by atoms with Gasteiger partial charge in [0, 0.05) is 24.3 Å². The van der Waals surface area contributed by atoms with Crippen LogP contribution in [0, 0.1) is 12.8 Å². The van der Waals surface area contributed by atoms with Crippen molar-refractivity contribution in [1.82, 2.24) is 4.98 Å². The summed E-state index contributed by atoms with van der Waals surface area (Å²) in [7, 11) is 0. The molecule has 1 atom stereocenters. The number of rotatable bonds is 5. The standard InChI is InChI=1S/C20H21N3O4/c1-3-27-20(26)14-7-9-16(10-8-14)23-12-15(11-18(23)24)19(25)22-17-6-4-5-13(2)21-17/h4-10,15H,3,11-12H2,1-2H3,(H,21,22,25)/t15-/m1/s1. The molecule has 0 radical (unpaired) electrons. The zero-order valence-electron chi connectivity index (χ0n) is 15.3. The molecule has 3 rings (SSSR count). The Morgan fingerprint density at radius 1 is 1.22 bits per heavy atom. The SMILES string of the molecule is CCOC(=O)c1ccc(N2C[C@H](C(=O)Nc3cccc(C)n3)CC2=O)cc1. The van der Waals surface area contributed by atoms with Crippen LogP contribution in [-0.4, -0.2) is 35.9 Å². The third-order valence-corrected chi connectivity index (χ3v) is 4.33. The predicted octanol–water partition coefficient (Wildman–Crippen LogP) is 2.56. The Morgan fingerprint density at radius 3 is 2.63 bits per heavy atom. The summed E-state index contributed by atoms with van der Waals surface area (Å²) in [4.78, 5) is 42.4. The van der Waals surface area contributed by atoms with Gasteiger partial charge in [-0.25, -0.2) is 9.78 Å². The first kappa shape index (κ1) is 18.6. The molecule has 7 nitrogen and oxygen atoms in total. The summed E-state index contributed by atoms with van der Waals surface area (Å²) in [5.74, 6) is -0.739. The second-order valence-corrected chi connectivity index (χ2v) is 6.33. The number of pyridine rings is 1. The van der Waals surface area contributed by atoms with Crippen LogP contribution in [0.1, 0.15) is 29.4 Å². The monoisotopic (exact) mass is 367 g/mol. The fraction of sp³-hybridized carbons (Fsp3) is 0.300. The zero-order chi connectivity index (χ0) is 19.4. The van der Waals surface area contributed by atoms with Gasteiger partial charge in [-0.15, -0.1) is 0 Å². The van der Waals surface area contributed by atoms with E-state index < -0.39 is 11.9 Å². The molecule has 0 spiro atoms. The van der Waals surface area contributed by atoms with Gasteiger partial charge in [-0.05, 0) is 50.2 Å². The largest absolute Gasteiger partial charge is 0.462 e. The van der Waals surface area contributed by atoms with E-state index in [0.29, 0.717) is 23.7 Å². The minimum atomic E-state index is -0.454. The maximum atomic E-state index is 12.5. The van der Waals surface area contributed by atoms with Gasteiger partial charge in [0.05, 0.1) is 18.1 Å². The lowest BCUT2D eigenvalue weighted by atomic mass is 10.1. The van der Waals surface area contributed by atoms with Gasteiger partial charge in [0.2, 0.25) is 11.8 Å². The average Bonchev–Trinajstić information content (AvgIpc) is 3.04. The summed E-state index contributed by atoms with van der Waals surface area (Å²) in [6.07, 6.45) is 0.136. The van der Waals surface area contributed by atoms with E-state index in [4.69, 9.17) is 4.74 Å². The number of carbonyl (C=O) groups excluding carboxylic acids is 3. The Labute approximate surface area is 157 Å². The highest BCUT2D eigenvalue weighted by Gasteiger charge is 2.35. The van der Waals surface area contributed by atoms with Crippen LogP contribution in [0.15, 0.2) is 42.5 Å². The van der Waals surface area contributed by atoms with Gasteiger partial charge >= 0.3 is 5.97 Å². The van der Waals surface area contributed by atoms with Crippen LogP contribution in [0.5, 0.6) is 0 Å². The van der Waals surface area contributed by atoms with Gasteiger partial charge in [0.1, 0.15) is 5.82 Å². The molecule has 1 aromatic carbocycles. The van der Waals surface area contributed by atoms with E-state index in [1.165, 1.54) is 0 Å². The van der Waals surface area contributed by atoms with Crippen LogP contribution >= 0.6 is 0 Å². The van der Waals surface area contributed by atoms with Crippen molar-refractivity contribution < 1.29 is 19.1 Å². The molecule has 2 amide bonds. The smallest absolute Gasteiger partial charge is 0.338 e. The number of hydrogen-bond acceptors (Lipinski definition) is 5. The molecular formula is C20H21N3O4. The van der Waals surface area contributed by atoms with Crippen LogP contribution in [-0.2, 0) is 14.3 Å². The highest BCUT2D eigenvalue weighted by molar-refractivity contribution is 6.03. The van der Waals surface area contributed by atoms with Crippen LogP contribution in [0.3, 0.4) is 0 Å². The molecule has 1 N–H and O–H groups in total. The Balaban J connectivity index is 1.66. The van der Waals surface area contributed by atoms with Crippen LogP contribution in [0.2, 0.25) is 0 Å². The third kappa shape index (κ3) is 4.31. The van der Waals surface area contributed by atoms with Gasteiger partial charge in [0.15, 0.2) is 0 Å². The molecule has 1 aliphatic rings. The topological polar surface area (TPSA) is 88.6 Å². The quantitative estimate of drug-likeness (QED) is 0.821. The number of nitrogens with zero attached hydrogens (tertiary/aromatic N) is 2. The minimum Gasteiger partial charge on any atom is -0.462 e. The molecular weight excluding hydrogens is 346 g/mol. The first-order valence-corrected chi connectivity index (χ1v) is 8.80. The van der Waals surface area contributed by atoms with E-state index in [0.717, 1.165) is 5.69 Å². The number of anilines is 2. The molecule has 1 saturated heterocycles. The van der Waals surface area contributed by atoms with Crippen LogP contribution in [0.25, 0.3) is 0 Å². The van der Waals surface area contributed by atoms with Gasteiger partial charge in [-0.2, -0.15) is 0 Å². The van der Waals surface area contributed by atoms with Crippen molar-refractivity contribution in [3.8, 4) is 0 Å². The van der Waals surface area contributed by atoms with Crippen LogP contribution < -0.4 is 10.2 Å². The highest BCUT2D eigenvalue weighted by atomic mass is 16.5. The molecule has 1 aromatic heterocycles. The molecule has 2 aromatic rings. The normalized spacial score (nSPS) is 16.3. The molecule has 1 aliphatic heterocycles. The van der Waals surface area contributed by atoms with Crippen molar-refractivity contribution in [1.29, 1.82) is 0 Å². The Kier molecular flexibility index (Phi) is 5.49. The van der Waals surface area contributed by atoms with E-state index in [1.54, 1.807) is 42.2 Å². The lowest BCUT2D eigenvalue weighted by Crippen LogP contribution is -2.28. The Hall–Kier alpha value is -3.22. The number of aryl methyl sites for hydroxylation is 1. The minimum absolute atomic E-state index is 0.128. The van der Waals surface area contributed by atoms with E-state index in [-0.39, 0.29) is 24.8 Å². The number of ether oxygens (including phenoxy) is 1. The first-order valence-electron chi connectivity index (χ1n) is 8.80. The number of carbonyl (C=O) groups is 3. The number of amides is 2. The summed E-state index contributed by atoms with van der Waals surface area (Å²) in [5.41, 5.74) is 1.88. The number of nitrogens with one attached hydrogen (secondary N) is 1. The fourth-order valence-corrected chi connectivity index (χ4v) is 2.97. The van der Waals surface area contributed by atoms with Crippen molar-refractivity contribution in [3.05, 3.63) is 53.7 Å². The van der Waals surface area contributed by atoms with Crippen molar-refractivity contribution in [2.24, 2.45) is 5.92 Å². The van der Waals surface area contributed by atoms with E-state index >= 15 is 0 Å². The van der Waals surface area contributed by atoms with Crippen LogP contribution in [0.4, 0.5) is 11.5 Å². The van der Waals surface area contributed by atoms with E-state index in [9.17, 15) is 14.4 Å². The molecule has 1 fully saturated rings. The maximum Gasteiger partial charge on any atom is 0.338 e. The average molecular weight is 367 g/mol. The summed E-state index contributed by atoms with van der Waals surface area (Å²) in [6.45, 7) is 4.18. The highest BCUT2D eigenvalue weighted by Crippen LogP contribution is 2.26. The van der Waals surface area contributed by atoms with Crippen molar-refractivity contribution in [2.75, 3.05) is 23.4 Å². The predicted molar refractivity (Wildman–Crippen MR) is 100 cm³/mol.